The number of hydrogen-bond acceptors (Lipinski definition) is 2. The molecule has 0 heterocycles. The molecule has 0 aliphatic rings. The number of anilines is 1. The van der Waals surface area contributed by atoms with E-state index in [0.29, 0.717) is 16.3 Å². The number of hydrogen-bond donors (Lipinski definition) is 2. The first-order valence-corrected chi connectivity index (χ1v) is 6.63. The van der Waals surface area contributed by atoms with Gasteiger partial charge in [-0.05, 0) is 42.0 Å². The van der Waals surface area contributed by atoms with E-state index in [1.54, 1.807) is 6.07 Å². The first kappa shape index (κ1) is 15.0. The number of benzene rings is 2. The Bertz CT molecular complexity index is 600. The van der Waals surface area contributed by atoms with Gasteiger partial charge in [-0.2, -0.15) is 0 Å². The SMILES string of the molecule is NCC(Nc1cc(F)ccc1Cl)c1cc(F)cc(Cl)c1. The van der Waals surface area contributed by atoms with Gasteiger partial charge in [-0.3, -0.25) is 0 Å². The van der Waals surface area contributed by atoms with Gasteiger partial charge in [0.1, 0.15) is 11.6 Å². The van der Waals surface area contributed by atoms with E-state index in [1.165, 1.54) is 30.3 Å². The third-order valence-corrected chi connectivity index (χ3v) is 3.33. The van der Waals surface area contributed by atoms with E-state index in [0.717, 1.165) is 0 Å². The second-order valence-corrected chi connectivity index (χ2v) is 5.10. The third kappa shape index (κ3) is 3.60. The van der Waals surface area contributed by atoms with Gasteiger partial charge < -0.3 is 11.1 Å². The van der Waals surface area contributed by atoms with Crippen LogP contribution in [0.15, 0.2) is 36.4 Å². The molecule has 20 heavy (non-hydrogen) atoms. The van der Waals surface area contributed by atoms with Crippen LogP contribution in [-0.2, 0) is 0 Å². The van der Waals surface area contributed by atoms with Crippen LogP contribution in [0.5, 0.6) is 0 Å². The van der Waals surface area contributed by atoms with E-state index in [2.05, 4.69) is 5.32 Å². The second kappa shape index (κ2) is 6.39. The van der Waals surface area contributed by atoms with Crippen LogP contribution >= 0.6 is 23.2 Å². The minimum atomic E-state index is -0.460. The van der Waals surface area contributed by atoms with Gasteiger partial charge in [0, 0.05) is 11.6 Å². The zero-order valence-electron chi connectivity index (χ0n) is 10.3. The largest absolute Gasteiger partial charge is 0.376 e. The van der Waals surface area contributed by atoms with Crippen LogP contribution < -0.4 is 11.1 Å². The molecule has 2 nitrogen and oxygen atoms in total. The van der Waals surface area contributed by atoms with E-state index in [4.69, 9.17) is 28.9 Å². The topological polar surface area (TPSA) is 38.0 Å². The van der Waals surface area contributed by atoms with Gasteiger partial charge in [0.15, 0.2) is 0 Å². The fraction of sp³-hybridized carbons (Fsp3) is 0.143. The zero-order chi connectivity index (χ0) is 14.7. The monoisotopic (exact) mass is 316 g/mol. The normalized spacial score (nSPS) is 12.2. The van der Waals surface area contributed by atoms with Crippen molar-refractivity contribution in [2.75, 3.05) is 11.9 Å². The Balaban J connectivity index is 2.30. The highest BCUT2D eigenvalue weighted by molar-refractivity contribution is 6.33. The molecule has 0 fully saturated rings. The summed E-state index contributed by atoms with van der Waals surface area (Å²) in [5, 5.41) is 3.61. The number of nitrogens with two attached hydrogens (primary N) is 1. The Morgan fingerprint density at radius 2 is 1.80 bits per heavy atom. The minimum absolute atomic E-state index is 0.173. The van der Waals surface area contributed by atoms with Gasteiger partial charge in [0.05, 0.1) is 16.8 Å². The Hall–Kier alpha value is -1.36. The van der Waals surface area contributed by atoms with E-state index in [9.17, 15) is 8.78 Å². The maximum atomic E-state index is 13.4. The molecule has 0 spiro atoms. The molecular formula is C14H12Cl2F2N2. The van der Waals surface area contributed by atoms with E-state index in [-0.39, 0.29) is 11.6 Å². The lowest BCUT2D eigenvalue weighted by Gasteiger charge is -2.20. The summed E-state index contributed by atoms with van der Waals surface area (Å²) in [6.07, 6.45) is 0. The summed E-state index contributed by atoms with van der Waals surface area (Å²) in [4.78, 5) is 0. The first-order chi connectivity index (χ1) is 9.49. The molecule has 2 aromatic rings. The van der Waals surface area contributed by atoms with Crippen LogP contribution in [-0.4, -0.2) is 6.54 Å². The molecule has 0 bridgehead atoms. The molecule has 0 aliphatic carbocycles. The maximum absolute atomic E-state index is 13.4. The lowest BCUT2D eigenvalue weighted by Crippen LogP contribution is -2.21. The standard InChI is InChI=1S/C14H12Cl2F2N2/c15-9-3-8(4-11(18)5-9)14(7-19)20-13-6-10(17)1-2-12(13)16/h1-6,14,20H,7,19H2. The molecule has 3 N–H and O–H groups in total. The number of halogens is 4. The number of rotatable bonds is 4. The lowest BCUT2D eigenvalue weighted by molar-refractivity contribution is 0.621. The molecular weight excluding hydrogens is 305 g/mol. The Kier molecular flexibility index (Phi) is 4.81. The van der Waals surface area contributed by atoms with Crippen molar-refractivity contribution >= 4 is 28.9 Å². The second-order valence-electron chi connectivity index (χ2n) is 4.26. The van der Waals surface area contributed by atoms with Crippen molar-refractivity contribution in [3.05, 3.63) is 63.6 Å². The average Bonchev–Trinajstić information content (AvgIpc) is 2.38. The fourth-order valence-corrected chi connectivity index (χ4v) is 2.25. The Morgan fingerprint density at radius 1 is 1.05 bits per heavy atom. The van der Waals surface area contributed by atoms with Gasteiger partial charge in [-0.15, -0.1) is 0 Å². The molecule has 2 rings (SSSR count). The predicted molar refractivity (Wildman–Crippen MR) is 78.2 cm³/mol. The Morgan fingerprint density at radius 3 is 2.45 bits per heavy atom. The quantitative estimate of drug-likeness (QED) is 0.878. The van der Waals surface area contributed by atoms with Crippen molar-refractivity contribution < 1.29 is 8.78 Å². The molecule has 0 aliphatic heterocycles. The summed E-state index contributed by atoms with van der Waals surface area (Å²) in [6.45, 7) is 0.173. The van der Waals surface area contributed by atoms with Crippen LogP contribution in [0.1, 0.15) is 11.6 Å². The molecule has 1 unspecified atom stereocenters. The number of nitrogens with one attached hydrogen (secondary N) is 1. The van der Waals surface area contributed by atoms with E-state index < -0.39 is 17.7 Å². The van der Waals surface area contributed by atoms with E-state index in [1.807, 2.05) is 0 Å². The highest BCUT2D eigenvalue weighted by atomic mass is 35.5. The molecule has 0 saturated heterocycles. The molecule has 106 valence electrons. The third-order valence-electron chi connectivity index (χ3n) is 2.78. The molecule has 0 saturated carbocycles. The van der Waals surface area contributed by atoms with Gasteiger partial charge in [-0.1, -0.05) is 23.2 Å². The van der Waals surface area contributed by atoms with Crippen LogP contribution in [0.2, 0.25) is 10.0 Å². The molecule has 0 aromatic heterocycles. The highest BCUT2D eigenvalue weighted by Crippen LogP contribution is 2.28. The van der Waals surface area contributed by atoms with Crippen molar-refractivity contribution in [2.45, 2.75) is 6.04 Å². The van der Waals surface area contributed by atoms with Crippen molar-refractivity contribution in [3.63, 3.8) is 0 Å². The fourth-order valence-electron chi connectivity index (χ4n) is 1.85. The average molecular weight is 317 g/mol. The highest BCUT2D eigenvalue weighted by Gasteiger charge is 2.13. The first-order valence-electron chi connectivity index (χ1n) is 5.87. The van der Waals surface area contributed by atoms with Crippen LogP contribution in [0.25, 0.3) is 0 Å². The summed E-state index contributed by atoms with van der Waals surface area (Å²) in [5.74, 6) is -0.886. The summed E-state index contributed by atoms with van der Waals surface area (Å²) < 4.78 is 26.6. The molecule has 1 atom stereocenters. The smallest absolute Gasteiger partial charge is 0.125 e. The van der Waals surface area contributed by atoms with Gasteiger partial charge in [0.2, 0.25) is 0 Å². The molecule has 0 radical (unpaired) electrons. The van der Waals surface area contributed by atoms with Crippen LogP contribution in [0, 0.1) is 11.6 Å². The van der Waals surface area contributed by atoms with E-state index >= 15 is 0 Å². The predicted octanol–water partition coefficient (Wildman–Crippen LogP) is 4.38. The van der Waals surface area contributed by atoms with Crippen molar-refractivity contribution in [1.29, 1.82) is 0 Å². The molecule has 2 aromatic carbocycles. The maximum Gasteiger partial charge on any atom is 0.125 e. The molecule has 0 amide bonds. The summed E-state index contributed by atoms with van der Waals surface area (Å²) in [5.41, 5.74) is 6.63. The van der Waals surface area contributed by atoms with Gasteiger partial charge >= 0.3 is 0 Å². The summed E-state index contributed by atoms with van der Waals surface area (Å²) >= 11 is 11.8. The van der Waals surface area contributed by atoms with Crippen LogP contribution in [0.4, 0.5) is 14.5 Å². The molecule has 6 heteroatoms. The lowest BCUT2D eigenvalue weighted by atomic mass is 10.1. The van der Waals surface area contributed by atoms with Crippen molar-refractivity contribution in [1.82, 2.24) is 0 Å². The van der Waals surface area contributed by atoms with Crippen LogP contribution in [0.3, 0.4) is 0 Å². The van der Waals surface area contributed by atoms with Crippen molar-refractivity contribution in [2.24, 2.45) is 5.73 Å². The minimum Gasteiger partial charge on any atom is -0.376 e. The summed E-state index contributed by atoms with van der Waals surface area (Å²) in [7, 11) is 0. The van der Waals surface area contributed by atoms with Crippen molar-refractivity contribution in [3.8, 4) is 0 Å². The zero-order valence-corrected chi connectivity index (χ0v) is 11.8. The van der Waals surface area contributed by atoms with Gasteiger partial charge in [0.25, 0.3) is 0 Å². The van der Waals surface area contributed by atoms with Gasteiger partial charge in [-0.25, -0.2) is 8.78 Å². The summed E-state index contributed by atoms with van der Waals surface area (Å²) in [6, 6.07) is 7.64. The Labute approximate surface area is 125 Å².